The predicted octanol–water partition coefficient (Wildman–Crippen LogP) is -1.08. The molecule has 0 spiro atoms. The van der Waals surface area contributed by atoms with Crippen LogP contribution in [0.15, 0.2) is 0 Å². The molecule has 0 saturated carbocycles. The molecule has 7 heteroatoms. The molecule has 0 aromatic heterocycles. The number of rotatable bonds is 0. The predicted molar refractivity (Wildman–Crippen MR) is 16.6 cm³/mol. The van der Waals surface area contributed by atoms with E-state index in [1.165, 1.54) is 0 Å². The van der Waals surface area contributed by atoms with Crippen LogP contribution in [0.1, 0.15) is 0 Å². The van der Waals surface area contributed by atoms with E-state index < -0.39 is 11.9 Å². The fourth-order valence-electron chi connectivity index (χ4n) is 0. The Labute approximate surface area is 65.0 Å². The normalized spacial score (nSPS) is 4.89. The molecule has 0 atom stereocenters. The molecule has 50 valence electrons. The second-order valence-corrected chi connectivity index (χ2v) is 0.610. The molecule has 0 radical (unpaired) electrons. The van der Waals surface area contributed by atoms with Crippen molar-refractivity contribution in [3.05, 3.63) is 0 Å². The van der Waals surface area contributed by atoms with E-state index in [9.17, 15) is 0 Å². The summed E-state index contributed by atoms with van der Waals surface area (Å²) in [6.07, 6.45) is 0. The van der Waals surface area contributed by atoms with Gasteiger partial charge in [-0.1, -0.05) is 0 Å². The fourth-order valence-corrected chi connectivity index (χ4v) is 0. The molecule has 0 heterocycles. The molecule has 6 nitrogen and oxygen atoms in total. The minimum Gasteiger partial charge on any atom is -2.00 e. The number of aliphatic carboxylic acids is 2. The second kappa shape index (κ2) is 10.5. The van der Waals surface area contributed by atoms with Crippen LogP contribution in [0.2, 0.25) is 0 Å². The number of carboxylic acids is 2. The molecule has 0 aliphatic rings. The van der Waals surface area contributed by atoms with Crippen molar-refractivity contribution in [1.29, 1.82) is 0 Å². The Morgan fingerprint density at radius 3 is 1.00 bits per heavy atom. The molecular formula is C2H2O6Ti. The van der Waals surface area contributed by atoms with E-state index >= 15 is 0 Å². The van der Waals surface area contributed by atoms with Gasteiger partial charge in [-0.05, 0) is 0 Å². The second-order valence-electron chi connectivity index (χ2n) is 0.610. The van der Waals surface area contributed by atoms with E-state index in [1.807, 2.05) is 0 Å². The summed E-state index contributed by atoms with van der Waals surface area (Å²) >= 11 is 0. The van der Waals surface area contributed by atoms with Gasteiger partial charge in [-0.2, -0.15) is 0 Å². The van der Waals surface area contributed by atoms with Crippen molar-refractivity contribution in [3.63, 3.8) is 0 Å². The third kappa shape index (κ3) is 18.4. The topological polar surface area (TPSA) is 132 Å². The molecule has 0 fully saturated rings. The third-order valence-electron chi connectivity index (χ3n) is 0.183. The van der Waals surface area contributed by atoms with Gasteiger partial charge in [0, 0.05) is 0 Å². The van der Waals surface area contributed by atoms with Gasteiger partial charge in [-0.15, -0.1) is 0 Å². The van der Waals surface area contributed by atoms with Crippen LogP contribution in [0.3, 0.4) is 0 Å². The van der Waals surface area contributed by atoms with E-state index in [4.69, 9.17) is 19.8 Å². The standard InChI is InChI=1S/C2H2O4.2O.Ti/c3-1(4)2(5)6;;;/h(H,3,4)(H,5,6);;;/q;2*-2;+4. The molecule has 0 aromatic rings. The number of hydrogen-bond acceptors (Lipinski definition) is 2. The molecule has 0 aromatic carbocycles. The summed E-state index contributed by atoms with van der Waals surface area (Å²) in [6, 6.07) is 0. The SMILES string of the molecule is O=C(O)C(=O)O.[O-2].[O-2].[Ti+4]. The van der Waals surface area contributed by atoms with Crippen LogP contribution in [0.25, 0.3) is 0 Å². The van der Waals surface area contributed by atoms with Crippen molar-refractivity contribution < 1.29 is 52.5 Å². The van der Waals surface area contributed by atoms with Gasteiger partial charge >= 0.3 is 33.7 Å². The number of hydrogen-bond donors (Lipinski definition) is 2. The third-order valence-corrected chi connectivity index (χ3v) is 0.183. The van der Waals surface area contributed by atoms with Crippen LogP contribution in [-0.2, 0) is 42.3 Å². The first-order valence-corrected chi connectivity index (χ1v) is 1.11. The van der Waals surface area contributed by atoms with E-state index in [0.717, 1.165) is 0 Å². The summed E-state index contributed by atoms with van der Waals surface area (Å²) in [5.74, 6) is -3.65. The maximum atomic E-state index is 9.10. The van der Waals surface area contributed by atoms with Crippen molar-refractivity contribution in [1.82, 2.24) is 0 Å². The molecule has 9 heavy (non-hydrogen) atoms. The monoisotopic (exact) mass is 170 g/mol. The van der Waals surface area contributed by atoms with E-state index in [0.29, 0.717) is 0 Å². The summed E-state index contributed by atoms with van der Waals surface area (Å²) in [6.45, 7) is 0. The molecule has 0 unspecified atom stereocenters. The zero-order valence-corrected chi connectivity index (χ0v) is 5.59. The molecule has 0 amide bonds. The Morgan fingerprint density at radius 2 is 1.00 bits per heavy atom. The van der Waals surface area contributed by atoms with Crippen LogP contribution in [-0.4, -0.2) is 22.2 Å². The Kier molecular flexibility index (Phi) is 27.5. The van der Waals surface area contributed by atoms with Gasteiger partial charge in [0.1, 0.15) is 0 Å². The maximum absolute atomic E-state index is 9.10. The van der Waals surface area contributed by atoms with Crippen LogP contribution < -0.4 is 0 Å². The Balaban J connectivity index is -0.0000000417. The fraction of sp³-hybridized carbons (Fsp3) is 0. The molecule has 0 rings (SSSR count). The van der Waals surface area contributed by atoms with Crippen LogP contribution in [0, 0.1) is 0 Å². The quantitative estimate of drug-likeness (QED) is 0.353. The minimum absolute atomic E-state index is 0. The molecule has 2 N–H and O–H groups in total. The summed E-state index contributed by atoms with van der Waals surface area (Å²) in [5.41, 5.74) is 0. The number of carbonyl (C=O) groups is 2. The Hall–Kier alpha value is -0.426. The zero-order chi connectivity index (χ0) is 5.15. The van der Waals surface area contributed by atoms with Crippen molar-refractivity contribution in [2.24, 2.45) is 0 Å². The van der Waals surface area contributed by atoms with Crippen LogP contribution in [0.4, 0.5) is 0 Å². The van der Waals surface area contributed by atoms with E-state index in [2.05, 4.69) is 0 Å². The van der Waals surface area contributed by atoms with Crippen LogP contribution >= 0.6 is 0 Å². The Morgan fingerprint density at radius 1 is 0.889 bits per heavy atom. The van der Waals surface area contributed by atoms with Gasteiger partial charge in [-0.3, -0.25) is 0 Å². The minimum atomic E-state index is -1.82. The van der Waals surface area contributed by atoms with Gasteiger partial charge in [0.15, 0.2) is 0 Å². The summed E-state index contributed by atoms with van der Waals surface area (Å²) in [4.78, 5) is 18.2. The molecule has 0 aliphatic heterocycles. The molecular weight excluding hydrogens is 168 g/mol. The van der Waals surface area contributed by atoms with Crippen molar-refractivity contribution >= 4 is 11.9 Å². The van der Waals surface area contributed by atoms with E-state index in [-0.39, 0.29) is 32.7 Å². The van der Waals surface area contributed by atoms with Gasteiger partial charge in [0.2, 0.25) is 0 Å². The zero-order valence-electron chi connectivity index (χ0n) is 4.03. The van der Waals surface area contributed by atoms with Gasteiger partial charge < -0.3 is 21.2 Å². The molecule has 0 saturated heterocycles. The summed E-state index contributed by atoms with van der Waals surface area (Å²) < 4.78 is 0. The van der Waals surface area contributed by atoms with Crippen molar-refractivity contribution in [2.45, 2.75) is 0 Å². The molecule has 0 bridgehead atoms. The first kappa shape index (κ1) is 23.5. The van der Waals surface area contributed by atoms with Gasteiger partial charge in [0.05, 0.1) is 0 Å². The summed E-state index contributed by atoms with van der Waals surface area (Å²) in [7, 11) is 0. The largest absolute Gasteiger partial charge is 4.00 e. The maximum Gasteiger partial charge on any atom is 4.00 e. The van der Waals surface area contributed by atoms with Gasteiger partial charge in [0.25, 0.3) is 0 Å². The Bertz CT molecular complexity index is 77.1. The van der Waals surface area contributed by atoms with Crippen LogP contribution in [0.5, 0.6) is 0 Å². The average molecular weight is 170 g/mol. The van der Waals surface area contributed by atoms with Crippen molar-refractivity contribution in [2.75, 3.05) is 0 Å². The smallest absolute Gasteiger partial charge is 2.00 e. The number of carboxylic acid groups (broad SMARTS) is 2. The molecule has 0 aliphatic carbocycles. The summed E-state index contributed by atoms with van der Waals surface area (Å²) in [5, 5.41) is 14.8. The van der Waals surface area contributed by atoms with Gasteiger partial charge in [-0.25, -0.2) is 9.59 Å². The van der Waals surface area contributed by atoms with Crippen molar-refractivity contribution in [3.8, 4) is 0 Å². The first-order valence-electron chi connectivity index (χ1n) is 1.11. The van der Waals surface area contributed by atoms with E-state index in [1.54, 1.807) is 0 Å². The first-order chi connectivity index (χ1) is 2.64. The average Bonchev–Trinajstić information content (AvgIpc) is 1.36.